The summed E-state index contributed by atoms with van der Waals surface area (Å²) in [7, 11) is 0. The summed E-state index contributed by atoms with van der Waals surface area (Å²) in [6, 6.07) is 2.31. The zero-order valence-corrected chi connectivity index (χ0v) is 11.2. The Morgan fingerprint density at radius 2 is 2.00 bits per heavy atom. The predicted molar refractivity (Wildman–Crippen MR) is 66.8 cm³/mol. The lowest BCUT2D eigenvalue weighted by atomic mass is 10.0. The van der Waals surface area contributed by atoms with Crippen molar-refractivity contribution in [3.63, 3.8) is 0 Å². The quantitative estimate of drug-likeness (QED) is 0.721. The van der Waals surface area contributed by atoms with Gasteiger partial charge >= 0.3 is 0 Å². The molecule has 0 spiro atoms. The molecule has 0 aliphatic carbocycles. The first-order chi connectivity index (χ1) is 8.54. The zero-order chi connectivity index (χ0) is 13.2. The van der Waals surface area contributed by atoms with Crippen LogP contribution in [0.4, 0.5) is 0 Å². The largest absolute Gasteiger partial charge is 0.368 e. The van der Waals surface area contributed by atoms with E-state index in [9.17, 15) is 4.79 Å². The van der Waals surface area contributed by atoms with Crippen molar-refractivity contribution in [2.45, 2.75) is 38.3 Å². The van der Waals surface area contributed by atoms with Crippen LogP contribution in [0.5, 0.6) is 0 Å². The highest BCUT2D eigenvalue weighted by atomic mass is 16.5. The molecule has 2 aliphatic heterocycles. The van der Waals surface area contributed by atoms with E-state index in [4.69, 9.17) is 10.00 Å². The van der Waals surface area contributed by atoms with Gasteiger partial charge in [0.1, 0.15) is 11.6 Å². The molecule has 18 heavy (non-hydrogen) atoms. The van der Waals surface area contributed by atoms with Crippen molar-refractivity contribution in [1.29, 1.82) is 5.26 Å². The number of nitrogens with zero attached hydrogens (tertiary/aromatic N) is 3. The lowest BCUT2D eigenvalue weighted by molar-refractivity contribution is -0.143. The molecule has 1 unspecified atom stereocenters. The monoisotopic (exact) mass is 251 g/mol. The predicted octanol–water partition coefficient (Wildman–Crippen LogP) is 0.612. The molecule has 2 rings (SSSR count). The molecule has 0 radical (unpaired) electrons. The Balaban J connectivity index is 1.87. The molecule has 2 aliphatic rings. The molecule has 5 nitrogen and oxygen atoms in total. The molecule has 0 aromatic rings. The number of nitriles is 1. The van der Waals surface area contributed by atoms with E-state index in [1.54, 1.807) is 0 Å². The number of amides is 1. The minimum atomic E-state index is -0.445. The zero-order valence-electron chi connectivity index (χ0n) is 11.2. The smallest absolute Gasteiger partial charge is 0.251 e. The Labute approximate surface area is 108 Å². The summed E-state index contributed by atoms with van der Waals surface area (Å²) >= 11 is 0. The molecule has 2 fully saturated rings. The Hall–Kier alpha value is -1.12. The molecular weight excluding hydrogens is 230 g/mol. The number of piperazine rings is 1. The van der Waals surface area contributed by atoms with Crippen LogP contribution < -0.4 is 0 Å². The molecule has 100 valence electrons. The third-order valence-electron chi connectivity index (χ3n) is 3.86. The van der Waals surface area contributed by atoms with Gasteiger partial charge in [-0.25, -0.2) is 0 Å². The Bertz CT molecular complexity index is 348. The van der Waals surface area contributed by atoms with Crippen molar-refractivity contribution in [3.05, 3.63) is 0 Å². The van der Waals surface area contributed by atoms with Gasteiger partial charge in [-0.1, -0.05) is 0 Å². The van der Waals surface area contributed by atoms with Crippen molar-refractivity contribution in [3.8, 4) is 6.07 Å². The summed E-state index contributed by atoms with van der Waals surface area (Å²) in [5.41, 5.74) is -0.445. The van der Waals surface area contributed by atoms with E-state index < -0.39 is 5.54 Å². The molecule has 0 N–H and O–H groups in total. The maximum atomic E-state index is 12.1. The highest BCUT2D eigenvalue weighted by molar-refractivity contribution is 5.81. The first-order valence-corrected chi connectivity index (χ1v) is 6.61. The topological polar surface area (TPSA) is 56.6 Å². The van der Waals surface area contributed by atoms with Crippen LogP contribution >= 0.6 is 0 Å². The first kappa shape index (κ1) is 13.3. The number of rotatable bonds is 2. The van der Waals surface area contributed by atoms with Gasteiger partial charge in [0.05, 0.1) is 6.07 Å². The van der Waals surface area contributed by atoms with Gasteiger partial charge in [-0.3, -0.25) is 9.69 Å². The Kier molecular flexibility index (Phi) is 3.88. The number of carbonyl (C=O) groups excluding carboxylic acids is 1. The van der Waals surface area contributed by atoms with E-state index in [-0.39, 0.29) is 12.0 Å². The second-order valence-electron chi connectivity index (χ2n) is 5.48. The average molecular weight is 251 g/mol. The fourth-order valence-electron chi connectivity index (χ4n) is 2.53. The van der Waals surface area contributed by atoms with Gasteiger partial charge in [0.25, 0.3) is 5.91 Å². The Morgan fingerprint density at radius 3 is 2.50 bits per heavy atom. The van der Waals surface area contributed by atoms with E-state index >= 15 is 0 Å². The van der Waals surface area contributed by atoms with E-state index in [0.29, 0.717) is 19.7 Å². The summed E-state index contributed by atoms with van der Waals surface area (Å²) in [5.74, 6) is 0.127. The van der Waals surface area contributed by atoms with Gasteiger partial charge in [-0.2, -0.15) is 5.26 Å². The van der Waals surface area contributed by atoms with Crippen LogP contribution in [0, 0.1) is 11.3 Å². The molecule has 0 aromatic carbocycles. The van der Waals surface area contributed by atoms with Crippen LogP contribution in [0.2, 0.25) is 0 Å². The van der Waals surface area contributed by atoms with Crippen LogP contribution in [0.3, 0.4) is 0 Å². The normalized spacial score (nSPS) is 26.1. The van der Waals surface area contributed by atoms with Gasteiger partial charge in [-0.05, 0) is 26.7 Å². The fourth-order valence-corrected chi connectivity index (χ4v) is 2.53. The van der Waals surface area contributed by atoms with Crippen molar-refractivity contribution >= 4 is 5.91 Å². The number of carbonyl (C=O) groups is 1. The SMILES string of the molecule is CC(C)(C#N)N1CCN(C(=O)C2CCCO2)CC1. The highest BCUT2D eigenvalue weighted by Crippen LogP contribution is 2.19. The number of hydrogen-bond donors (Lipinski definition) is 0. The summed E-state index contributed by atoms with van der Waals surface area (Å²) < 4.78 is 5.43. The number of ether oxygens (including phenoxy) is 1. The van der Waals surface area contributed by atoms with Gasteiger partial charge in [-0.15, -0.1) is 0 Å². The van der Waals surface area contributed by atoms with Crippen LogP contribution in [0.25, 0.3) is 0 Å². The maximum absolute atomic E-state index is 12.1. The highest BCUT2D eigenvalue weighted by Gasteiger charge is 2.34. The number of hydrogen-bond acceptors (Lipinski definition) is 4. The van der Waals surface area contributed by atoms with Gasteiger partial charge in [0.2, 0.25) is 0 Å². The molecular formula is C13H21N3O2. The molecule has 2 heterocycles. The first-order valence-electron chi connectivity index (χ1n) is 6.61. The van der Waals surface area contributed by atoms with Crippen molar-refractivity contribution in [1.82, 2.24) is 9.80 Å². The van der Waals surface area contributed by atoms with Crippen LogP contribution in [0.15, 0.2) is 0 Å². The van der Waals surface area contributed by atoms with Crippen molar-refractivity contribution in [2.75, 3.05) is 32.8 Å². The maximum Gasteiger partial charge on any atom is 0.251 e. The van der Waals surface area contributed by atoms with Crippen LogP contribution in [0.1, 0.15) is 26.7 Å². The summed E-state index contributed by atoms with van der Waals surface area (Å²) in [5, 5.41) is 9.10. The minimum absolute atomic E-state index is 0.127. The molecule has 0 saturated carbocycles. The lowest BCUT2D eigenvalue weighted by Gasteiger charge is -2.40. The van der Waals surface area contributed by atoms with Gasteiger partial charge in [0, 0.05) is 32.8 Å². The van der Waals surface area contributed by atoms with E-state index in [1.165, 1.54) is 0 Å². The van der Waals surface area contributed by atoms with E-state index in [2.05, 4.69) is 11.0 Å². The van der Waals surface area contributed by atoms with Crippen LogP contribution in [-0.2, 0) is 9.53 Å². The van der Waals surface area contributed by atoms with Crippen molar-refractivity contribution < 1.29 is 9.53 Å². The van der Waals surface area contributed by atoms with E-state index in [1.807, 2.05) is 18.7 Å². The third kappa shape index (κ3) is 2.65. The summed E-state index contributed by atoms with van der Waals surface area (Å²) in [6.07, 6.45) is 1.61. The molecule has 1 atom stereocenters. The Morgan fingerprint density at radius 1 is 1.33 bits per heavy atom. The molecule has 5 heteroatoms. The third-order valence-corrected chi connectivity index (χ3v) is 3.86. The van der Waals surface area contributed by atoms with Gasteiger partial charge < -0.3 is 9.64 Å². The fraction of sp³-hybridized carbons (Fsp3) is 0.846. The van der Waals surface area contributed by atoms with Crippen LogP contribution in [-0.4, -0.2) is 60.1 Å². The molecule has 0 aromatic heterocycles. The second kappa shape index (κ2) is 5.25. The molecule has 1 amide bonds. The minimum Gasteiger partial charge on any atom is -0.368 e. The standard InChI is InChI=1S/C13H21N3O2/c1-13(2,10-14)16-7-5-15(6-8-16)12(17)11-4-3-9-18-11/h11H,3-9H2,1-2H3. The lowest BCUT2D eigenvalue weighted by Crippen LogP contribution is -2.56. The molecule has 0 bridgehead atoms. The second-order valence-corrected chi connectivity index (χ2v) is 5.48. The summed E-state index contributed by atoms with van der Waals surface area (Å²) in [6.45, 7) is 7.47. The van der Waals surface area contributed by atoms with Crippen molar-refractivity contribution in [2.24, 2.45) is 0 Å². The van der Waals surface area contributed by atoms with Gasteiger partial charge in [0.15, 0.2) is 0 Å². The molecule has 2 saturated heterocycles. The van der Waals surface area contributed by atoms with E-state index in [0.717, 1.165) is 25.9 Å². The summed E-state index contributed by atoms with van der Waals surface area (Å²) in [4.78, 5) is 16.1. The average Bonchev–Trinajstić information content (AvgIpc) is 2.92.